The highest BCUT2D eigenvalue weighted by atomic mass is 19.4. The summed E-state index contributed by atoms with van der Waals surface area (Å²) in [6.07, 6.45) is -3.83. The highest BCUT2D eigenvalue weighted by Gasteiger charge is 2.30. The van der Waals surface area contributed by atoms with Crippen LogP contribution < -0.4 is 10.1 Å². The fourth-order valence-corrected chi connectivity index (χ4v) is 2.25. The number of carbonyl (C=O) groups is 1. The van der Waals surface area contributed by atoms with Gasteiger partial charge in [-0.05, 0) is 30.3 Å². The van der Waals surface area contributed by atoms with Gasteiger partial charge in [0, 0.05) is 11.8 Å². The maximum Gasteiger partial charge on any atom is 0.417 e. The molecule has 2 aromatic heterocycles. The Morgan fingerprint density at radius 3 is 2.62 bits per heavy atom. The van der Waals surface area contributed by atoms with Gasteiger partial charge >= 0.3 is 6.18 Å². The smallest absolute Gasteiger partial charge is 0.417 e. The number of alkyl halides is 3. The summed E-state index contributed by atoms with van der Waals surface area (Å²) in [6, 6.07) is 10.6. The number of nitrogens with one attached hydrogen (secondary N) is 2. The molecular formula is C17H13F3N4O2. The molecule has 134 valence electrons. The maximum atomic E-state index is 12.5. The maximum absolute atomic E-state index is 12.5. The first kappa shape index (κ1) is 17.5. The Balaban J connectivity index is 1.76. The Morgan fingerprint density at radius 2 is 1.96 bits per heavy atom. The minimum Gasteiger partial charge on any atom is -0.496 e. The van der Waals surface area contributed by atoms with E-state index in [1.54, 1.807) is 24.3 Å². The van der Waals surface area contributed by atoms with Crippen molar-refractivity contribution in [1.82, 2.24) is 15.2 Å². The standard InChI is InChI=1S/C17H13F3N4O2/c1-26-14-5-3-2-4-11(14)12-8-13(24-23-12)16(25)22-15-7-6-10(9-21-15)17(18,19)20/h2-9H,1H3,(H,23,24)(H,21,22,25). The first-order valence-electron chi connectivity index (χ1n) is 7.42. The second-order valence-corrected chi connectivity index (χ2v) is 5.25. The molecule has 6 nitrogen and oxygen atoms in total. The Morgan fingerprint density at radius 1 is 1.19 bits per heavy atom. The van der Waals surface area contributed by atoms with Gasteiger partial charge in [-0.3, -0.25) is 9.89 Å². The molecule has 0 bridgehead atoms. The molecule has 3 rings (SSSR count). The zero-order valence-corrected chi connectivity index (χ0v) is 13.5. The topological polar surface area (TPSA) is 79.9 Å². The molecule has 2 N–H and O–H groups in total. The molecule has 0 aliphatic carbocycles. The number of nitrogens with zero attached hydrogens (tertiary/aromatic N) is 2. The molecule has 0 unspecified atom stereocenters. The zero-order chi connectivity index (χ0) is 18.7. The quantitative estimate of drug-likeness (QED) is 0.741. The van der Waals surface area contributed by atoms with Crippen molar-refractivity contribution in [2.75, 3.05) is 12.4 Å². The molecule has 3 aromatic rings. The van der Waals surface area contributed by atoms with E-state index in [-0.39, 0.29) is 11.5 Å². The number of H-pyrrole nitrogens is 1. The summed E-state index contributed by atoms with van der Waals surface area (Å²) in [7, 11) is 1.52. The van der Waals surface area contributed by atoms with Gasteiger partial charge in [-0.15, -0.1) is 0 Å². The van der Waals surface area contributed by atoms with Crippen LogP contribution in [0.2, 0.25) is 0 Å². The minimum absolute atomic E-state index is 0.00329. The molecule has 1 aromatic carbocycles. The van der Waals surface area contributed by atoms with Crippen LogP contribution in [-0.2, 0) is 6.18 Å². The molecule has 1 amide bonds. The van der Waals surface area contributed by atoms with E-state index in [2.05, 4.69) is 20.5 Å². The van der Waals surface area contributed by atoms with Crippen LogP contribution in [0.1, 0.15) is 16.1 Å². The van der Waals surface area contributed by atoms with Gasteiger partial charge in [0.1, 0.15) is 17.3 Å². The summed E-state index contributed by atoms with van der Waals surface area (Å²) in [5.74, 6) is 0.0118. The van der Waals surface area contributed by atoms with Gasteiger partial charge < -0.3 is 10.1 Å². The first-order valence-corrected chi connectivity index (χ1v) is 7.42. The number of para-hydroxylation sites is 1. The number of pyridine rings is 1. The highest BCUT2D eigenvalue weighted by molar-refractivity contribution is 6.03. The van der Waals surface area contributed by atoms with Crippen LogP contribution in [0.15, 0.2) is 48.7 Å². The fraction of sp³-hybridized carbons (Fsp3) is 0.118. The van der Waals surface area contributed by atoms with Crippen LogP contribution in [0.25, 0.3) is 11.3 Å². The highest BCUT2D eigenvalue weighted by Crippen LogP contribution is 2.29. The van der Waals surface area contributed by atoms with Crippen molar-refractivity contribution in [1.29, 1.82) is 0 Å². The van der Waals surface area contributed by atoms with Crippen molar-refractivity contribution < 1.29 is 22.7 Å². The number of benzene rings is 1. The van der Waals surface area contributed by atoms with Crippen LogP contribution in [-0.4, -0.2) is 28.2 Å². The summed E-state index contributed by atoms with van der Waals surface area (Å²) in [5.41, 5.74) is 0.425. The third kappa shape index (κ3) is 3.66. The van der Waals surface area contributed by atoms with E-state index in [0.29, 0.717) is 23.2 Å². The van der Waals surface area contributed by atoms with E-state index in [4.69, 9.17) is 4.74 Å². The normalized spacial score (nSPS) is 11.2. The molecule has 26 heavy (non-hydrogen) atoms. The predicted octanol–water partition coefficient (Wildman–Crippen LogP) is 3.75. The number of ether oxygens (including phenoxy) is 1. The number of anilines is 1. The third-order valence-electron chi connectivity index (χ3n) is 3.54. The van der Waals surface area contributed by atoms with Crippen molar-refractivity contribution in [3.63, 3.8) is 0 Å². The molecule has 0 aliphatic rings. The van der Waals surface area contributed by atoms with Gasteiger partial charge in [-0.25, -0.2) is 4.98 Å². The lowest BCUT2D eigenvalue weighted by molar-refractivity contribution is -0.137. The largest absolute Gasteiger partial charge is 0.496 e. The zero-order valence-electron chi connectivity index (χ0n) is 13.5. The van der Waals surface area contributed by atoms with E-state index in [0.717, 1.165) is 12.1 Å². The third-order valence-corrected chi connectivity index (χ3v) is 3.54. The SMILES string of the molecule is COc1ccccc1-c1cc(C(=O)Nc2ccc(C(F)(F)F)cn2)[nH]n1. The fourth-order valence-electron chi connectivity index (χ4n) is 2.25. The van der Waals surface area contributed by atoms with E-state index in [9.17, 15) is 18.0 Å². The Kier molecular flexibility index (Phi) is 4.61. The van der Waals surface area contributed by atoms with Crippen molar-refractivity contribution in [2.24, 2.45) is 0 Å². The van der Waals surface area contributed by atoms with E-state index < -0.39 is 17.6 Å². The molecule has 0 saturated carbocycles. The summed E-state index contributed by atoms with van der Waals surface area (Å²) < 4.78 is 42.8. The Bertz CT molecular complexity index is 920. The second-order valence-electron chi connectivity index (χ2n) is 5.25. The molecule has 0 fully saturated rings. The monoisotopic (exact) mass is 362 g/mol. The average molecular weight is 362 g/mol. The number of aromatic amines is 1. The van der Waals surface area contributed by atoms with Crippen molar-refractivity contribution in [3.05, 3.63) is 59.9 Å². The molecule has 0 atom stereocenters. The van der Waals surface area contributed by atoms with Crippen LogP contribution in [0.5, 0.6) is 5.75 Å². The molecule has 0 aliphatic heterocycles. The lowest BCUT2D eigenvalue weighted by Crippen LogP contribution is -2.14. The van der Waals surface area contributed by atoms with E-state index >= 15 is 0 Å². The molecule has 0 radical (unpaired) electrons. The average Bonchev–Trinajstić information content (AvgIpc) is 3.11. The van der Waals surface area contributed by atoms with Crippen LogP contribution in [0, 0.1) is 0 Å². The molecule has 0 saturated heterocycles. The van der Waals surface area contributed by atoms with Gasteiger partial charge in [0.2, 0.25) is 0 Å². The Hall–Kier alpha value is -3.36. The molecule has 9 heteroatoms. The van der Waals surface area contributed by atoms with Crippen molar-refractivity contribution in [3.8, 4) is 17.0 Å². The molecule has 0 spiro atoms. The van der Waals surface area contributed by atoms with Crippen LogP contribution >= 0.6 is 0 Å². The predicted molar refractivity (Wildman–Crippen MR) is 87.8 cm³/mol. The van der Waals surface area contributed by atoms with Crippen molar-refractivity contribution >= 4 is 11.7 Å². The minimum atomic E-state index is -4.48. The summed E-state index contributed by atoms with van der Waals surface area (Å²) in [5, 5.41) is 9.07. The Labute approximate surface area is 146 Å². The van der Waals surface area contributed by atoms with Gasteiger partial charge in [0.15, 0.2) is 0 Å². The number of aromatic nitrogens is 3. The van der Waals surface area contributed by atoms with Gasteiger partial charge in [0.25, 0.3) is 5.91 Å². The number of rotatable bonds is 4. The molecular weight excluding hydrogens is 349 g/mol. The van der Waals surface area contributed by atoms with Crippen LogP contribution in [0.4, 0.5) is 19.0 Å². The number of methoxy groups -OCH3 is 1. The first-order chi connectivity index (χ1) is 12.4. The lowest BCUT2D eigenvalue weighted by Gasteiger charge is -2.07. The summed E-state index contributed by atoms with van der Waals surface area (Å²) in [4.78, 5) is 15.8. The van der Waals surface area contributed by atoms with E-state index in [1.165, 1.54) is 13.2 Å². The second kappa shape index (κ2) is 6.87. The van der Waals surface area contributed by atoms with Gasteiger partial charge in [-0.1, -0.05) is 12.1 Å². The van der Waals surface area contributed by atoms with Gasteiger partial charge in [0.05, 0.1) is 18.4 Å². The van der Waals surface area contributed by atoms with E-state index in [1.807, 2.05) is 0 Å². The number of hydrogen-bond acceptors (Lipinski definition) is 4. The lowest BCUT2D eigenvalue weighted by atomic mass is 10.1. The van der Waals surface area contributed by atoms with Gasteiger partial charge in [-0.2, -0.15) is 18.3 Å². The van der Waals surface area contributed by atoms with Crippen molar-refractivity contribution in [2.45, 2.75) is 6.18 Å². The van der Waals surface area contributed by atoms with Crippen LogP contribution in [0.3, 0.4) is 0 Å². The number of carbonyl (C=O) groups excluding carboxylic acids is 1. The number of hydrogen-bond donors (Lipinski definition) is 2. The number of halogens is 3. The summed E-state index contributed by atoms with van der Waals surface area (Å²) >= 11 is 0. The number of amides is 1. The molecule has 2 heterocycles. The summed E-state index contributed by atoms with van der Waals surface area (Å²) in [6.45, 7) is 0.